The van der Waals surface area contributed by atoms with Crippen molar-refractivity contribution in [1.29, 1.82) is 0 Å². The zero-order chi connectivity index (χ0) is 19.1. The largest absolute Gasteiger partial charge is 0.377 e. The molecule has 1 fully saturated rings. The minimum Gasteiger partial charge on any atom is -0.377 e. The first-order valence-corrected chi connectivity index (χ1v) is 11.2. The van der Waals surface area contributed by atoms with E-state index in [1.807, 2.05) is 30.3 Å². The van der Waals surface area contributed by atoms with Gasteiger partial charge in [0.2, 0.25) is 15.9 Å². The summed E-state index contributed by atoms with van der Waals surface area (Å²) in [7, 11) is -3.59. The number of amides is 1. The Hall–Kier alpha value is -1.87. The van der Waals surface area contributed by atoms with E-state index in [2.05, 4.69) is 10.0 Å². The van der Waals surface area contributed by atoms with E-state index in [9.17, 15) is 13.2 Å². The summed E-state index contributed by atoms with van der Waals surface area (Å²) in [6.45, 7) is 0.959. The monoisotopic (exact) mass is 406 g/mol. The average Bonchev–Trinajstić information content (AvgIpc) is 3.20. The van der Waals surface area contributed by atoms with E-state index >= 15 is 0 Å². The first-order valence-electron chi connectivity index (χ1n) is 8.72. The van der Waals surface area contributed by atoms with E-state index < -0.39 is 10.0 Å². The molecule has 2 aromatic carbocycles. The standard InChI is InChI=1S/C19H22N2O4S2/c22-19(14-26-17-6-2-1-3-7-17)21-15-8-10-18(11-9-15)27(23,24)20-13-16-5-4-12-25-16/h1-3,6-11,16,20H,4-5,12-14H2,(H,21,22)/t16-/m0/s1. The number of thioether (sulfide) groups is 1. The fraction of sp³-hybridized carbons (Fsp3) is 0.316. The molecule has 1 heterocycles. The summed E-state index contributed by atoms with van der Waals surface area (Å²) < 4.78 is 32.6. The fourth-order valence-electron chi connectivity index (χ4n) is 2.67. The van der Waals surface area contributed by atoms with Crippen LogP contribution in [-0.2, 0) is 19.6 Å². The van der Waals surface area contributed by atoms with Gasteiger partial charge in [0.25, 0.3) is 0 Å². The lowest BCUT2D eigenvalue weighted by atomic mass is 10.2. The van der Waals surface area contributed by atoms with E-state index in [1.165, 1.54) is 23.9 Å². The molecule has 144 valence electrons. The Morgan fingerprint density at radius 3 is 2.52 bits per heavy atom. The number of ether oxygens (including phenoxy) is 1. The molecule has 0 unspecified atom stereocenters. The molecule has 1 aliphatic rings. The van der Waals surface area contributed by atoms with Crippen LogP contribution in [0.5, 0.6) is 0 Å². The van der Waals surface area contributed by atoms with Gasteiger partial charge in [0, 0.05) is 23.7 Å². The highest BCUT2D eigenvalue weighted by Crippen LogP contribution is 2.19. The first kappa shape index (κ1) is 19.9. The average molecular weight is 407 g/mol. The third-order valence-electron chi connectivity index (χ3n) is 4.09. The van der Waals surface area contributed by atoms with E-state index in [0.717, 1.165) is 17.7 Å². The maximum atomic E-state index is 12.3. The van der Waals surface area contributed by atoms with E-state index in [1.54, 1.807) is 12.1 Å². The van der Waals surface area contributed by atoms with Gasteiger partial charge in [-0.25, -0.2) is 13.1 Å². The summed E-state index contributed by atoms with van der Waals surface area (Å²) in [6.07, 6.45) is 1.78. The molecule has 0 saturated carbocycles. The SMILES string of the molecule is O=C(CSc1ccccc1)Nc1ccc(S(=O)(=O)NC[C@@H]2CCCO2)cc1. The van der Waals surface area contributed by atoms with Gasteiger partial charge in [0.15, 0.2) is 0 Å². The lowest BCUT2D eigenvalue weighted by Crippen LogP contribution is -2.31. The molecule has 0 aromatic heterocycles. The Morgan fingerprint density at radius 1 is 1.11 bits per heavy atom. The van der Waals surface area contributed by atoms with Crippen molar-refractivity contribution in [3.63, 3.8) is 0 Å². The molecule has 0 spiro atoms. The summed E-state index contributed by atoms with van der Waals surface area (Å²) in [5.41, 5.74) is 0.562. The van der Waals surface area contributed by atoms with E-state index in [0.29, 0.717) is 12.3 Å². The second kappa shape index (κ2) is 9.36. The van der Waals surface area contributed by atoms with Crippen molar-refractivity contribution >= 4 is 33.4 Å². The minimum atomic E-state index is -3.59. The van der Waals surface area contributed by atoms with E-state index in [-0.39, 0.29) is 29.2 Å². The Bertz CT molecular complexity index is 849. The number of nitrogens with one attached hydrogen (secondary N) is 2. The van der Waals surface area contributed by atoms with Crippen molar-refractivity contribution in [2.45, 2.75) is 28.7 Å². The quantitative estimate of drug-likeness (QED) is 0.659. The number of sulfonamides is 1. The minimum absolute atomic E-state index is 0.0551. The molecule has 6 nitrogen and oxygen atoms in total. The number of hydrogen-bond acceptors (Lipinski definition) is 5. The Kier molecular flexibility index (Phi) is 6.89. The fourth-order valence-corrected chi connectivity index (χ4v) is 4.46. The summed E-state index contributed by atoms with van der Waals surface area (Å²) in [5, 5.41) is 2.77. The normalized spacial score (nSPS) is 17.0. The zero-order valence-corrected chi connectivity index (χ0v) is 16.4. The molecule has 1 amide bonds. The van der Waals surface area contributed by atoms with Crippen LogP contribution in [0.15, 0.2) is 64.4 Å². The summed E-state index contributed by atoms with van der Waals surface area (Å²) in [4.78, 5) is 13.2. The lowest BCUT2D eigenvalue weighted by molar-refractivity contribution is -0.113. The highest BCUT2D eigenvalue weighted by Gasteiger charge is 2.20. The van der Waals surface area contributed by atoms with Gasteiger partial charge in [-0.2, -0.15) is 0 Å². The molecular weight excluding hydrogens is 384 g/mol. The van der Waals surface area contributed by atoms with Gasteiger partial charge in [-0.15, -0.1) is 11.8 Å². The van der Waals surface area contributed by atoms with E-state index in [4.69, 9.17) is 4.74 Å². The van der Waals surface area contributed by atoms with Gasteiger partial charge in [-0.1, -0.05) is 18.2 Å². The van der Waals surface area contributed by atoms with Crippen molar-refractivity contribution in [2.75, 3.05) is 24.2 Å². The van der Waals surface area contributed by atoms with Crippen molar-refractivity contribution < 1.29 is 17.9 Å². The highest BCUT2D eigenvalue weighted by atomic mass is 32.2. The zero-order valence-electron chi connectivity index (χ0n) is 14.8. The second-order valence-corrected chi connectivity index (χ2v) is 8.98. The molecule has 0 bridgehead atoms. The molecule has 8 heteroatoms. The lowest BCUT2D eigenvalue weighted by Gasteiger charge is -2.12. The number of carbonyl (C=O) groups excluding carboxylic acids is 1. The van der Waals surface area contributed by atoms with Crippen molar-refractivity contribution in [1.82, 2.24) is 4.72 Å². The maximum Gasteiger partial charge on any atom is 0.240 e. The smallest absolute Gasteiger partial charge is 0.240 e. The summed E-state index contributed by atoms with van der Waals surface area (Å²) in [5.74, 6) is 0.142. The van der Waals surface area contributed by atoms with Crippen molar-refractivity contribution in [3.8, 4) is 0 Å². The molecule has 1 saturated heterocycles. The van der Waals surface area contributed by atoms with Crippen LogP contribution in [0.4, 0.5) is 5.69 Å². The number of rotatable bonds is 8. The van der Waals surface area contributed by atoms with Gasteiger partial charge in [-0.05, 0) is 49.2 Å². The first-order chi connectivity index (χ1) is 13.0. The molecule has 0 radical (unpaired) electrons. The number of hydrogen-bond donors (Lipinski definition) is 2. The third kappa shape index (κ3) is 6.07. The van der Waals surface area contributed by atoms with Crippen LogP contribution in [0.3, 0.4) is 0 Å². The van der Waals surface area contributed by atoms with Gasteiger partial charge < -0.3 is 10.1 Å². The van der Waals surface area contributed by atoms with Gasteiger partial charge >= 0.3 is 0 Å². The van der Waals surface area contributed by atoms with Gasteiger partial charge in [-0.3, -0.25) is 4.79 Å². The number of benzene rings is 2. The highest BCUT2D eigenvalue weighted by molar-refractivity contribution is 8.00. The molecule has 3 rings (SSSR count). The molecule has 1 aliphatic heterocycles. The summed E-state index contributed by atoms with van der Waals surface area (Å²) >= 11 is 1.44. The van der Waals surface area contributed by atoms with Gasteiger partial charge in [0.05, 0.1) is 16.8 Å². The molecule has 2 N–H and O–H groups in total. The van der Waals surface area contributed by atoms with Crippen molar-refractivity contribution in [3.05, 3.63) is 54.6 Å². The van der Waals surface area contributed by atoms with Crippen LogP contribution >= 0.6 is 11.8 Å². The Morgan fingerprint density at radius 2 is 1.85 bits per heavy atom. The van der Waals surface area contributed by atoms with Crippen LogP contribution in [0.1, 0.15) is 12.8 Å². The number of carbonyl (C=O) groups is 1. The van der Waals surface area contributed by atoms with Gasteiger partial charge in [0.1, 0.15) is 0 Å². The third-order valence-corrected chi connectivity index (χ3v) is 6.54. The van der Waals surface area contributed by atoms with Crippen LogP contribution in [0.25, 0.3) is 0 Å². The van der Waals surface area contributed by atoms with Crippen molar-refractivity contribution in [2.24, 2.45) is 0 Å². The molecule has 1 atom stereocenters. The molecule has 27 heavy (non-hydrogen) atoms. The Labute approximate surface area is 163 Å². The molecule has 2 aromatic rings. The topological polar surface area (TPSA) is 84.5 Å². The Balaban J connectivity index is 1.50. The predicted molar refractivity (Wildman–Crippen MR) is 106 cm³/mol. The predicted octanol–water partition coefficient (Wildman–Crippen LogP) is 2.87. The summed E-state index contributed by atoms with van der Waals surface area (Å²) in [6, 6.07) is 15.8. The molecule has 0 aliphatic carbocycles. The van der Waals surface area contributed by atoms with Crippen LogP contribution in [-0.4, -0.2) is 39.3 Å². The second-order valence-electron chi connectivity index (χ2n) is 6.16. The van der Waals surface area contributed by atoms with Crippen LogP contribution in [0.2, 0.25) is 0 Å². The molecular formula is C19H22N2O4S2. The van der Waals surface area contributed by atoms with Crippen LogP contribution < -0.4 is 10.0 Å². The number of anilines is 1. The van der Waals surface area contributed by atoms with Crippen LogP contribution in [0, 0.1) is 0 Å². The maximum absolute atomic E-state index is 12.3.